The standard InChI is InChI=1S/C11H20N2O/c12-6-5-11(3-4-11)8-13-10(14)7-9-1-2-9/h9H,1-8,12H2,(H,13,14). The molecule has 14 heavy (non-hydrogen) atoms. The lowest BCUT2D eigenvalue weighted by Crippen LogP contribution is -2.31. The Bertz CT molecular complexity index is 219. The Morgan fingerprint density at radius 3 is 2.64 bits per heavy atom. The van der Waals surface area contributed by atoms with Crippen LogP contribution in [-0.2, 0) is 4.79 Å². The number of nitrogens with one attached hydrogen (secondary N) is 1. The summed E-state index contributed by atoms with van der Waals surface area (Å²) in [7, 11) is 0. The molecule has 0 spiro atoms. The fraction of sp³-hybridized carbons (Fsp3) is 0.909. The summed E-state index contributed by atoms with van der Waals surface area (Å²) in [4.78, 5) is 11.4. The quantitative estimate of drug-likeness (QED) is 0.666. The van der Waals surface area contributed by atoms with Crippen LogP contribution in [0.2, 0.25) is 0 Å². The van der Waals surface area contributed by atoms with Crippen molar-refractivity contribution in [2.45, 2.75) is 38.5 Å². The molecule has 0 bridgehead atoms. The van der Waals surface area contributed by atoms with Crippen molar-refractivity contribution in [3.05, 3.63) is 0 Å². The largest absolute Gasteiger partial charge is 0.356 e. The average molecular weight is 196 g/mol. The van der Waals surface area contributed by atoms with Crippen LogP contribution >= 0.6 is 0 Å². The molecule has 2 saturated carbocycles. The second kappa shape index (κ2) is 3.89. The zero-order chi connectivity index (χ0) is 10.0. The zero-order valence-corrected chi connectivity index (χ0v) is 8.72. The number of hydrogen-bond acceptors (Lipinski definition) is 2. The van der Waals surface area contributed by atoms with E-state index < -0.39 is 0 Å². The third kappa shape index (κ3) is 2.71. The van der Waals surface area contributed by atoms with Crippen LogP contribution in [0.5, 0.6) is 0 Å². The van der Waals surface area contributed by atoms with Crippen LogP contribution in [0, 0.1) is 11.3 Å². The number of nitrogens with two attached hydrogens (primary N) is 1. The fourth-order valence-electron chi connectivity index (χ4n) is 1.94. The van der Waals surface area contributed by atoms with E-state index >= 15 is 0 Å². The second-order valence-electron chi connectivity index (χ2n) is 4.96. The lowest BCUT2D eigenvalue weighted by molar-refractivity contribution is -0.121. The minimum Gasteiger partial charge on any atom is -0.356 e. The van der Waals surface area contributed by atoms with Crippen LogP contribution in [0.3, 0.4) is 0 Å². The number of hydrogen-bond donors (Lipinski definition) is 2. The van der Waals surface area contributed by atoms with Crippen molar-refractivity contribution < 1.29 is 4.79 Å². The van der Waals surface area contributed by atoms with Gasteiger partial charge in [-0.1, -0.05) is 0 Å². The first kappa shape index (κ1) is 9.97. The molecule has 1 amide bonds. The Kier molecular flexibility index (Phi) is 2.77. The maximum absolute atomic E-state index is 11.4. The summed E-state index contributed by atoms with van der Waals surface area (Å²) in [6.07, 6.45) is 6.81. The second-order valence-corrected chi connectivity index (χ2v) is 4.96. The van der Waals surface area contributed by atoms with E-state index in [-0.39, 0.29) is 5.91 Å². The van der Waals surface area contributed by atoms with Gasteiger partial charge in [-0.2, -0.15) is 0 Å². The highest BCUT2D eigenvalue weighted by Crippen LogP contribution is 2.47. The summed E-state index contributed by atoms with van der Waals surface area (Å²) in [5, 5.41) is 3.05. The molecule has 0 atom stereocenters. The molecule has 2 rings (SSSR count). The molecule has 0 aromatic rings. The normalized spacial score (nSPS) is 23.2. The first-order chi connectivity index (χ1) is 6.74. The third-order valence-electron chi connectivity index (χ3n) is 3.46. The summed E-state index contributed by atoms with van der Waals surface area (Å²) >= 11 is 0. The molecule has 0 heterocycles. The van der Waals surface area contributed by atoms with Gasteiger partial charge >= 0.3 is 0 Å². The Morgan fingerprint density at radius 2 is 2.14 bits per heavy atom. The molecule has 0 aromatic carbocycles. The monoisotopic (exact) mass is 196 g/mol. The zero-order valence-electron chi connectivity index (χ0n) is 8.72. The summed E-state index contributed by atoms with van der Waals surface area (Å²) in [6, 6.07) is 0. The smallest absolute Gasteiger partial charge is 0.220 e. The SMILES string of the molecule is NCCC1(CNC(=O)CC2CC2)CC1. The molecule has 3 heteroatoms. The third-order valence-corrected chi connectivity index (χ3v) is 3.46. The highest BCUT2D eigenvalue weighted by Gasteiger charge is 2.41. The predicted octanol–water partition coefficient (Wildman–Crippen LogP) is 1.03. The summed E-state index contributed by atoms with van der Waals surface area (Å²) in [5.74, 6) is 0.940. The van der Waals surface area contributed by atoms with Gasteiger partial charge in [0, 0.05) is 13.0 Å². The number of carbonyl (C=O) groups is 1. The van der Waals surface area contributed by atoms with E-state index in [1.807, 2.05) is 0 Å². The summed E-state index contributed by atoms with van der Waals surface area (Å²) in [5.41, 5.74) is 5.92. The van der Waals surface area contributed by atoms with E-state index in [9.17, 15) is 4.79 Å². The first-order valence-electron chi connectivity index (χ1n) is 5.71. The van der Waals surface area contributed by atoms with E-state index in [4.69, 9.17) is 5.73 Å². The van der Waals surface area contributed by atoms with Crippen LogP contribution in [0.25, 0.3) is 0 Å². The lowest BCUT2D eigenvalue weighted by atomic mass is 10.0. The lowest BCUT2D eigenvalue weighted by Gasteiger charge is -2.14. The molecule has 0 unspecified atom stereocenters. The molecule has 2 aliphatic rings. The van der Waals surface area contributed by atoms with Gasteiger partial charge in [0.1, 0.15) is 0 Å². The predicted molar refractivity (Wildman–Crippen MR) is 55.7 cm³/mol. The molecular formula is C11H20N2O. The topological polar surface area (TPSA) is 55.1 Å². The molecule has 3 N–H and O–H groups in total. The van der Waals surface area contributed by atoms with Gasteiger partial charge in [-0.3, -0.25) is 4.79 Å². The highest BCUT2D eigenvalue weighted by molar-refractivity contribution is 5.76. The molecular weight excluding hydrogens is 176 g/mol. The minimum absolute atomic E-state index is 0.246. The van der Waals surface area contributed by atoms with Gasteiger partial charge < -0.3 is 11.1 Å². The molecule has 2 aliphatic carbocycles. The summed E-state index contributed by atoms with van der Waals surface area (Å²) < 4.78 is 0. The van der Waals surface area contributed by atoms with Crippen LogP contribution < -0.4 is 11.1 Å². The van der Waals surface area contributed by atoms with Gasteiger partial charge in [0.05, 0.1) is 0 Å². The van der Waals surface area contributed by atoms with Crippen molar-refractivity contribution in [1.82, 2.24) is 5.32 Å². The molecule has 0 aliphatic heterocycles. The molecule has 80 valence electrons. The molecule has 0 aromatic heterocycles. The van der Waals surface area contributed by atoms with Gasteiger partial charge in [0.25, 0.3) is 0 Å². The van der Waals surface area contributed by atoms with E-state index in [0.717, 1.165) is 25.9 Å². The van der Waals surface area contributed by atoms with Crippen molar-refractivity contribution >= 4 is 5.91 Å². The molecule has 0 radical (unpaired) electrons. The van der Waals surface area contributed by atoms with Crippen molar-refractivity contribution in [3.8, 4) is 0 Å². The van der Waals surface area contributed by atoms with E-state index in [2.05, 4.69) is 5.32 Å². The maximum Gasteiger partial charge on any atom is 0.220 e. The number of rotatable bonds is 6. The Balaban J connectivity index is 1.63. The van der Waals surface area contributed by atoms with Gasteiger partial charge in [-0.05, 0) is 50.0 Å². The molecule has 3 nitrogen and oxygen atoms in total. The molecule has 0 saturated heterocycles. The van der Waals surface area contributed by atoms with Crippen LogP contribution in [0.15, 0.2) is 0 Å². The van der Waals surface area contributed by atoms with E-state index in [1.54, 1.807) is 0 Å². The highest BCUT2D eigenvalue weighted by atomic mass is 16.1. The van der Waals surface area contributed by atoms with Gasteiger partial charge in [-0.15, -0.1) is 0 Å². The van der Waals surface area contributed by atoms with E-state index in [0.29, 0.717) is 11.3 Å². The Hall–Kier alpha value is -0.570. The van der Waals surface area contributed by atoms with Crippen molar-refractivity contribution in [3.63, 3.8) is 0 Å². The van der Waals surface area contributed by atoms with Crippen LogP contribution in [0.4, 0.5) is 0 Å². The molecule has 2 fully saturated rings. The Morgan fingerprint density at radius 1 is 1.43 bits per heavy atom. The maximum atomic E-state index is 11.4. The number of carbonyl (C=O) groups excluding carboxylic acids is 1. The van der Waals surface area contributed by atoms with Gasteiger partial charge in [-0.25, -0.2) is 0 Å². The average Bonchev–Trinajstić information content (AvgIpc) is 3.00. The first-order valence-corrected chi connectivity index (χ1v) is 5.71. The van der Waals surface area contributed by atoms with Crippen molar-refractivity contribution in [2.24, 2.45) is 17.1 Å². The number of amides is 1. The van der Waals surface area contributed by atoms with Gasteiger partial charge in [0.2, 0.25) is 5.91 Å². The van der Waals surface area contributed by atoms with Crippen LogP contribution in [0.1, 0.15) is 38.5 Å². The van der Waals surface area contributed by atoms with Crippen LogP contribution in [-0.4, -0.2) is 19.0 Å². The Labute approximate surface area is 85.4 Å². The van der Waals surface area contributed by atoms with E-state index in [1.165, 1.54) is 25.7 Å². The van der Waals surface area contributed by atoms with Gasteiger partial charge in [0.15, 0.2) is 0 Å². The van der Waals surface area contributed by atoms with Crippen molar-refractivity contribution in [2.75, 3.05) is 13.1 Å². The fourth-order valence-corrected chi connectivity index (χ4v) is 1.94. The minimum atomic E-state index is 0.246. The summed E-state index contributed by atoms with van der Waals surface area (Å²) in [6.45, 7) is 1.61. The van der Waals surface area contributed by atoms with Crippen molar-refractivity contribution in [1.29, 1.82) is 0 Å².